The summed E-state index contributed by atoms with van der Waals surface area (Å²) in [6.45, 7) is 9.76. The van der Waals surface area contributed by atoms with Crippen molar-refractivity contribution in [1.29, 1.82) is 0 Å². The number of nitrogens with zero attached hydrogens (tertiary/aromatic N) is 1. The van der Waals surface area contributed by atoms with E-state index in [9.17, 15) is 19.5 Å². The Morgan fingerprint density at radius 2 is 1.52 bits per heavy atom. The van der Waals surface area contributed by atoms with E-state index in [0.717, 1.165) is 30.4 Å². The van der Waals surface area contributed by atoms with Gasteiger partial charge in [0, 0.05) is 19.5 Å². The molecular formula is C36H47N3O5. The molecule has 0 bridgehead atoms. The standard InChI is InChI=1S/C36H47N3O5/c1-6-7-8-15-22-39(34(42)30(24-27-16-11-9-12-17-27)38-35(43)44-36(3,4)5)32(29-20-21-31(40)26(2)23-29)33(41)37-25-28-18-13-10-14-19-28/h9-14,16-21,23,30,32,40H,6-8,15,22,24-25H2,1-5H3,(H,37,41)(H,38,43). The largest absolute Gasteiger partial charge is 0.508 e. The minimum absolute atomic E-state index is 0.103. The summed E-state index contributed by atoms with van der Waals surface area (Å²) in [4.78, 5) is 43.2. The number of benzene rings is 3. The summed E-state index contributed by atoms with van der Waals surface area (Å²) in [5, 5.41) is 16.1. The molecule has 44 heavy (non-hydrogen) atoms. The van der Waals surface area contributed by atoms with Crippen molar-refractivity contribution in [3.63, 3.8) is 0 Å². The van der Waals surface area contributed by atoms with Crippen LogP contribution < -0.4 is 10.6 Å². The smallest absolute Gasteiger partial charge is 0.408 e. The maximum Gasteiger partial charge on any atom is 0.408 e. The highest BCUT2D eigenvalue weighted by atomic mass is 16.6. The van der Waals surface area contributed by atoms with Crippen LogP contribution in [-0.2, 0) is 27.3 Å². The van der Waals surface area contributed by atoms with Gasteiger partial charge in [-0.3, -0.25) is 9.59 Å². The molecule has 0 saturated carbocycles. The van der Waals surface area contributed by atoms with Gasteiger partial charge in [0.2, 0.25) is 11.8 Å². The summed E-state index contributed by atoms with van der Waals surface area (Å²) in [5.74, 6) is -0.633. The second-order valence-electron chi connectivity index (χ2n) is 12.1. The number of ether oxygens (including phenoxy) is 1. The van der Waals surface area contributed by atoms with Crippen LogP contribution in [0.15, 0.2) is 78.9 Å². The zero-order valence-corrected chi connectivity index (χ0v) is 26.6. The molecule has 2 unspecified atom stereocenters. The van der Waals surface area contributed by atoms with Crippen LogP contribution in [0, 0.1) is 6.92 Å². The van der Waals surface area contributed by atoms with Crippen LogP contribution in [0.1, 0.15) is 81.7 Å². The van der Waals surface area contributed by atoms with Crippen molar-refractivity contribution in [2.75, 3.05) is 6.54 Å². The molecule has 0 aliphatic carbocycles. The van der Waals surface area contributed by atoms with Gasteiger partial charge in [0.1, 0.15) is 23.4 Å². The molecule has 2 atom stereocenters. The molecule has 0 saturated heterocycles. The summed E-state index contributed by atoms with van der Waals surface area (Å²) in [6, 6.07) is 22.0. The maximum absolute atomic E-state index is 14.6. The number of amides is 3. The van der Waals surface area contributed by atoms with Gasteiger partial charge in [-0.15, -0.1) is 0 Å². The first-order chi connectivity index (χ1) is 21.0. The van der Waals surface area contributed by atoms with Gasteiger partial charge in [-0.2, -0.15) is 0 Å². The zero-order chi connectivity index (χ0) is 32.1. The fourth-order valence-corrected chi connectivity index (χ4v) is 4.98. The summed E-state index contributed by atoms with van der Waals surface area (Å²) in [6.07, 6.45) is 3.10. The molecule has 3 rings (SSSR count). The Bertz CT molecular complexity index is 1360. The Balaban J connectivity index is 2.04. The highest BCUT2D eigenvalue weighted by Crippen LogP contribution is 2.28. The average molecular weight is 602 g/mol. The van der Waals surface area contributed by atoms with Crippen LogP contribution in [0.4, 0.5) is 4.79 Å². The van der Waals surface area contributed by atoms with E-state index in [0.29, 0.717) is 24.1 Å². The quantitative estimate of drug-likeness (QED) is 0.180. The number of alkyl carbamates (subject to hydrolysis) is 1. The summed E-state index contributed by atoms with van der Waals surface area (Å²) in [7, 11) is 0. The van der Waals surface area contributed by atoms with Gasteiger partial charge in [-0.05, 0) is 68.5 Å². The van der Waals surface area contributed by atoms with E-state index >= 15 is 0 Å². The number of rotatable bonds is 14. The highest BCUT2D eigenvalue weighted by molar-refractivity contribution is 5.92. The molecule has 8 nitrogen and oxygen atoms in total. The summed E-state index contributed by atoms with van der Waals surface area (Å²) in [5.41, 5.74) is 2.20. The van der Waals surface area contributed by atoms with Crippen molar-refractivity contribution in [2.45, 2.75) is 91.0 Å². The third kappa shape index (κ3) is 10.7. The molecule has 3 aromatic carbocycles. The van der Waals surface area contributed by atoms with Gasteiger partial charge >= 0.3 is 6.09 Å². The number of carbonyl (C=O) groups is 3. The number of hydrogen-bond acceptors (Lipinski definition) is 5. The van der Waals surface area contributed by atoms with Gasteiger partial charge in [0.25, 0.3) is 0 Å². The minimum Gasteiger partial charge on any atom is -0.508 e. The second kappa shape index (κ2) is 16.5. The molecule has 0 aromatic heterocycles. The van der Waals surface area contributed by atoms with Crippen LogP contribution in [0.2, 0.25) is 0 Å². The molecule has 0 aliphatic heterocycles. The SMILES string of the molecule is CCCCCCN(C(=O)C(Cc1ccccc1)NC(=O)OC(C)(C)C)C(C(=O)NCc1ccccc1)c1ccc(O)c(C)c1. The predicted octanol–water partition coefficient (Wildman–Crippen LogP) is 6.60. The van der Waals surface area contributed by atoms with Gasteiger partial charge in [0.15, 0.2) is 0 Å². The van der Waals surface area contributed by atoms with E-state index in [1.54, 1.807) is 50.8 Å². The minimum atomic E-state index is -0.995. The molecule has 3 N–H and O–H groups in total. The molecule has 0 heterocycles. The summed E-state index contributed by atoms with van der Waals surface area (Å²) < 4.78 is 5.53. The third-order valence-corrected chi connectivity index (χ3v) is 7.21. The zero-order valence-electron chi connectivity index (χ0n) is 26.6. The maximum atomic E-state index is 14.6. The normalized spacial score (nSPS) is 12.6. The van der Waals surface area contributed by atoms with Crippen molar-refractivity contribution in [2.24, 2.45) is 0 Å². The van der Waals surface area contributed by atoms with Gasteiger partial charge < -0.3 is 25.4 Å². The molecular weight excluding hydrogens is 554 g/mol. The monoisotopic (exact) mass is 601 g/mol. The molecule has 0 radical (unpaired) electrons. The van der Waals surface area contributed by atoms with Gasteiger partial charge in [0.05, 0.1) is 0 Å². The number of carbonyl (C=O) groups excluding carboxylic acids is 3. The van der Waals surface area contributed by atoms with E-state index in [2.05, 4.69) is 17.6 Å². The number of phenols is 1. The van der Waals surface area contributed by atoms with Crippen molar-refractivity contribution < 1.29 is 24.2 Å². The number of aryl methyl sites for hydroxylation is 1. The van der Waals surface area contributed by atoms with Crippen LogP contribution >= 0.6 is 0 Å². The van der Waals surface area contributed by atoms with Gasteiger partial charge in [-0.25, -0.2) is 4.79 Å². The second-order valence-corrected chi connectivity index (χ2v) is 12.1. The molecule has 0 aliphatic rings. The number of phenolic OH excluding ortho intramolecular Hbond substituents is 1. The predicted molar refractivity (Wildman–Crippen MR) is 173 cm³/mol. The first kappa shape index (κ1) is 34.2. The Kier molecular flexibility index (Phi) is 12.8. The lowest BCUT2D eigenvalue weighted by Crippen LogP contribution is -2.54. The highest BCUT2D eigenvalue weighted by Gasteiger charge is 2.36. The number of hydrogen-bond donors (Lipinski definition) is 3. The molecule has 236 valence electrons. The van der Waals surface area contributed by atoms with Crippen LogP contribution in [0.5, 0.6) is 5.75 Å². The number of unbranched alkanes of at least 4 members (excludes halogenated alkanes) is 3. The molecule has 3 amide bonds. The van der Waals surface area contributed by atoms with E-state index in [1.807, 2.05) is 60.7 Å². The first-order valence-corrected chi connectivity index (χ1v) is 15.4. The fourth-order valence-electron chi connectivity index (χ4n) is 4.98. The fraction of sp³-hybridized carbons (Fsp3) is 0.417. The van der Waals surface area contributed by atoms with Crippen LogP contribution in [0.3, 0.4) is 0 Å². The van der Waals surface area contributed by atoms with Crippen LogP contribution in [-0.4, -0.2) is 46.1 Å². The van der Waals surface area contributed by atoms with E-state index in [1.165, 1.54) is 0 Å². The van der Waals surface area contributed by atoms with Gasteiger partial charge in [-0.1, -0.05) is 92.9 Å². The molecule has 3 aromatic rings. The van der Waals surface area contributed by atoms with E-state index in [-0.39, 0.29) is 30.5 Å². The lowest BCUT2D eigenvalue weighted by Gasteiger charge is -2.35. The van der Waals surface area contributed by atoms with Crippen molar-refractivity contribution in [1.82, 2.24) is 15.5 Å². The van der Waals surface area contributed by atoms with Crippen LogP contribution in [0.25, 0.3) is 0 Å². The van der Waals surface area contributed by atoms with E-state index in [4.69, 9.17) is 4.74 Å². The average Bonchev–Trinajstić information content (AvgIpc) is 2.98. The summed E-state index contributed by atoms with van der Waals surface area (Å²) >= 11 is 0. The third-order valence-electron chi connectivity index (χ3n) is 7.21. The Morgan fingerprint density at radius 3 is 2.11 bits per heavy atom. The Hall–Kier alpha value is -4.33. The topological polar surface area (TPSA) is 108 Å². The first-order valence-electron chi connectivity index (χ1n) is 15.4. The lowest BCUT2D eigenvalue weighted by atomic mass is 9.98. The lowest BCUT2D eigenvalue weighted by molar-refractivity contribution is -0.142. The number of aromatic hydroxyl groups is 1. The van der Waals surface area contributed by atoms with Crippen molar-refractivity contribution >= 4 is 17.9 Å². The molecule has 8 heteroatoms. The van der Waals surface area contributed by atoms with Crippen molar-refractivity contribution in [3.05, 3.63) is 101 Å². The molecule has 0 spiro atoms. The Labute approximate surface area is 261 Å². The van der Waals surface area contributed by atoms with Crippen molar-refractivity contribution in [3.8, 4) is 5.75 Å². The Morgan fingerprint density at radius 1 is 0.886 bits per heavy atom. The number of nitrogens with one attached hydrogen (secondary N) is 2. The molecule has 0 fully saturated rings. The van der Waals surface area contributed by atoms with E-state index < -0.39 is 23.8 Å².